The van der Waals surface area contributed by atoms with Crippen LogP contribution in [0.3, 0.4) is 0 Å². The Balaban J connectivity index is 1.70. The second-order valence-corrected chi connectivity index (χ2v) is 7.83. The number of nitrogens with one attached hydrogen (secondary N) is 1. The third-order valence-electron chi connectivity index (χ3n) is 5.72. The molecule has 0 radical (unpaired) electrons. The lowest BCUT2D eigenvalue weighted by atomic mass is 9.92. The van der Waals surface area contributed by atoms with Crippen molar-refractivity contribution in [3.63, 3.8) is 0 Å². The number of fused-ring (bicyclic) bond motifs is 1. The molecule has 2 aromatic rings. The van der Waals surface area contributed by atoms with Crippen LogP contribution >= 0.6 is 0 Å². The quantitative estimate of drug-likeness (QED) is 0.847. The predicted molar refractivity (Wildman–Crippen MR) is 110 cm³/mol. The fourth-order valence-electron chi connectivity index (χ4n) is 4.24. The monoisotopic (exact) mass is 409 g/mol. The molecule has 156 valence electrons. The van der Waals surface area contributed by atoms with Crippen molar-refractivity contribution in [2.24, 2.45) is 0 Å². The molecular formula is C23H24FN3O3. The maximum Gasteiger partial charge on any atom is 0.257 e. The number of hydrogen-bond donors (Lipinski definition) is 1. The zero-order chi connectivity index (χ0) is 21.3. The molecule has 1 saturated heterocycles. The van der Waals surface area contributed by atoms with Crippen molar-refractivity contribution in [2.75, 3.05) is 18.4 Å². The highest BCUT2D eigenvalue weighted by Gasteiger charge is 2.38. The van der Waals surface area contributed by atoms with Crippen LogP contribution in [-0.4, -0.2) is 46.7 Å². The number of nitrogens with zero attached hydrogens (tertiary/aromatic N) is 2. The van der Waals surface area contributed by atoms with Crippen LogP contribution in [-0.2, 0) is 22.6 Å². The third kappa shape index (κ3) is 3.92. The first kappa shape index (κ1) is 20.1. The maximum atomic E-state index is 14.3. The van der Waals surface area contributed by atoms with Gasteiger partial charge < -0.3 is 15.1 Å². The predicted octanol–water partition coefficient (Wildman–Crippen LogP) is 2.97. The van der Waals surface area contributed by atoms with Crippen LogP contribution in [0.25, 0.3) is 0 Å². The highest BCUT2D eigenvalue weighted by atomic mass is 19.1. The molecule has 1 fully saturated rings. The van der Waals surface area contributed by atoms with E-state index in [4.69, 9.17) is 0 Å². The third-order valence-corrected chi connectivity index (χ3v) is 5.72. The van der Waals surface area contributed by atoms with Crippen molar-refractivity contribution in [3.8, 4) is 0 Å². The highest BCUT2D eigenvalue weighted by Crippen LogP contribution is 2.29. The molecule has 0 unspecified atom stereocenters. The normalized spacial score (nSPS) is 18.1. The van der Waals surface area contributed by atoms with E-state index in [0.29, 0.717) is 25.2 Å². The summed E-state index contributed by atoms with van der Waals surface area (Å²) in [5.74, 6) is -1.38. The number of benzene rings is 2. The second-order valence-electron chi connectivity index (χ2n) is 7.83. The fourth-order valence-corrected chi connectivity index (χ4v) is 4.24. The summed E-state index contributed by atoms with van der Waals surface area (Å²) >= 11 is 0. The Hall–Kier alpha value is -3.22. The van der Waals surface area contributed by atoms with Gasteiger partial charge in [0.1, 0.15) is 11.9 Å². The summed E-state index contributed by atoms with van der Waals surface area (Å²) in [5.41, 5.74) is 2.39. The Morgan fingerprint density at radius 3 is 2.47 bits per heavy atom. The largest absolute Gasteiger partial charge is 0.341 e. The Labute approximate surface area is 174 Å². The van der Waals surface area contributed by atoms with E-state index in [2.05, 4.69) is 5.32 Å². The van der Waals surface area contributed by atoms with Crippen LogP contribution in [0.2, 0.25) is 0 Å². The smallest absolute Gasteiger partial charge is 0.257 e. The molecule has 3 amide bonds. The van der Waals surface area contributed by atoms with Gasteiger partial charge >= 0.3 is 0 Å². The van der Waals surface area contributed by atoms with E-state index >= 15 is 0 Å². The van der Waals surface area contributed by atoms with Crippen LogP contribution in [0, 0.1) is 5.82 Å². The van der Waals surface area contributed by atoms with E-state index in [1.54, 1.807) is 17.0 Å². The van der Waals surface area contributed by atoms with Crippen LogP contribution < -0.4 is 5.32 Å². The molecule has 0 spiro atoms. The van der Waals surface area contributed by atoms with Gasteiger partial charge in [-0.1, -0.05) is 18.2 Å². The molecule has 0 bridgehead atoms. The minimum absolute atomic E-state index is 0.0433. The van der Waals surface area contributed by atoms with E-state index in [9.17, 15) is 18.8 Å². The molecule has 30 heavy (non-hydrogen) atoms. The SMILES string of the molecule is CC(=O)Nc1ccc2c(c1)CN(C(=O)c1ccccc1F)[C@H](C(=O)N1CCCC1)C2. The molecule has 4 rings (SSSR count). The molecule has 2 aromatic carbocycles. The number of halogens is 1. The van der Waals surface area contributed by atoms with Crippen molar-refractivity contribution in [2.45, 2.75) is 38.8 Å². The van der Waals surface area contributed by atoms with Gasteiger partial charge in [0.2, 0.25) is 11.8 Å². The second kappa shape index (κ2) is 8.26. The first-order valence-electron chi connectivity index (χ1n) is 10.2. The van der Waals surface area contributed by atoms with Gasteiger partial charge in [-0.15, -0.1) is 0 Å². The van der Waals surface area contributed by atoms with E-state index in [-0.39, 0.29) is 23.9 Å². The van der Waals surface area contributed by atoms with Gasteiger partial charge in [0.15, 0.2) is 0 Å². The number of anilines is 1. The van der Waals surface area contributed by atoms with E-state index in [1.165, 1.54) is 30.0 Å². The summed E-state index contributed by atoms with van der Waals surface area (Å²) in [5, 5.41) is 2.74. The van der Waals surface area contributed by atoms with Crippen molar-refractivity contribution in [1.29, 1.82) is 0 Å². The summed E-state index contributed by atoms with van der Waals surface area (Å²) in [4.78, 5) is 41.2. The van der Waals surface area contributed by atoms with Gasteiger partial charge in [0.25, 0.3) is 5.91 Å². The molecule has 6 nitrogen and oxygen atoms in total. The van der Waals surface area contributed by atoms with Gasteiger partial charge in [-0.25, -0.2) is 4.39 Å². The fraction of sp³-hybridized carbons (Fsp3) is 0.348. The minimum atomic E-state index is -0.672. The lowest BCUT2D eigenvalue weighted by Crippen LogP contribution is -2.53. The molecule has 2 heterocycles. The van der Waals surface area contributed by atoms with Crippen LogP contribution in [0.15, 0.2) is 42.5 Å². The van der Waals surface area contributed by atoms with Crippen molar-refractivity contribution in [3.05, 3.63) is 65.0 Å². The van der Waals surface area contributed by atoms with E-state index < -0.39 is 17.8 Å². The van der Waals surface area contributed by atoms with Gasteiger partial charge in [0, 0.05) is 38.7 Å². The molecule has 2 aliphatic rings. The topological polar surface area (TPSA) is 69.7 Å². The van der Waals surface area contributed by atoms with Gasteiger partial charge in [0.05, 0.1) is 5.56 Å². The van der Waals surface area contributed by atoms with E-state index in [1.807, 2.05) is 12.1 Å². The molecule has 1 N–H and O–H groups in total. The minimum Gasteiger partial charge on any atom is -0.341 e. The summed E-state index contributed by atoms with van der Waals surface area (Å²) in [6.07, 6.45) is 2.28. The van der Waals surface area contributed by atoms with Crippen LogP contribution in [0.1, 0.15) is 41.3 Å². The lowest BCUT2D eigenvalue weighted by Gasteiger charge is -2.38. The Bertz CT molecular complexity index is 1000. The van der Waals surface area contributed by atoms with Crippen molar-refractivity contribution >= 4 is 23.4 Å². The molecule has 7 heteroatoms. The molecule has 2 aliphatic heterocycles. The van der Waals surface area contributed by atoms with Gasteiger partial charge in [-0.3, -0.25) is 14.4 Å². The van der Waals surface area contributed by atoms with Gasteiger partial charge in [-0.2, -0.15) is 0 Å². The molecular weight excluding hydrogens is 385 g/mol. The van der Waals surface area contributed by atoms with Crippen LogP contribution in [0.5, 0.6) is 0 Å². The van der Waals surface area contributed by atoms with Crippen molar-refractivity contribution < 1.29 is 18.8 Å². The number of carbonyl (C=O) groups is 3. The summed E-state index contributed by atoms with van der Waals surface area (Å²) in [7, 11) is 0. The summed E-state index contributed by atoms with van der Waals surface area (Å²) in [6.45, 7) is 2.98. The Kier molecular flexibility index (Phi) is 5.53. The number of amides is 3. The Morgan fingerprint density at radius 1 is 1.03 bits per heavy atom. The first-order chi connectivity index (χ1) is 14.4. The van der Waals surface area contributed by atoms with Crippen molar-refractivity contribution in [1.82, 2.24) is 9.80 Å². The highest BCUT2D eigenvalue weighted by molar-refractivity contribution is 5.98. The first-order valence-corrected chi connectivity index (χ1v) is 10.2. The molecule has 0 saturated carbocycles. The van der Waals surface area contributed by atoms with Crippen LogP contribution in [0.4, 0.5) is 10.1 Å². The Morgan fingerprint density at radius 2 is 1.77 bits per heavy atom. The summed E-state index contributed by atoms with van der Waals surface area (Å²) in [6, 6.07) is 10.7. The number of rotatable bonds is 3. The average molecular weight is 409 g/mol. The van der Waals surface area contributed by atoms with Gasteiger partial charge in [-0.05, 0) is 48.2 Å². The zero-order valence-corrected chi connectivity index (χ0v) is 16.9. The lowest BCUT2D eigenvalue weighted by molar-refractivity contribution is -0.135. The molecule has 0 aromatic heterocycles. The van der Waals surface area contributed by atoms with E-state index in [0.717, 1.165) is 24.0 Å². The number of likely N-dealkylation sites (tertiary alicyclic amines) is 1. The average Bonchev–Trinajstić information content (AvgIpc) is 3.26. The zero-order valence-electron chi connectivity index (χ0n) is 16.9. The number of hydrogen-bond acceptors (Lipinski definition) is 3. The number of carbonyl (C=O) groups excluding carboxylic acids is 3. The maximum absolute atomic E-state index is 14.3. The standard InChI is InChI=1S/C23H24FN3O3/c1-15(28)25-18-9-8-16-13-21(23(30)26-10-4-5-11-26)27(14-17(16)12-18)22(29)19-6-2-3-7-20(19)24/h2-3,6-9,12,21H,4-5,10-11,13-14H2,1H3,(H,25,28)/t21-/m0/s1. The molecule has 1 atom stereocenters. The summed E-state index contributed by atoms with van der Waals surface area (Å²) < 4.78 is 14.3. The molecule has 0 aliphatic carbocycles.